The normalized spacial score (nSPS) is 13.0. The van der Waals surface area contributed by atoms with Gasteiger partial charge in [0.1, 0.15) is 0 Å². The minimum absolute atomic E-state index is 0.184. The molecule has 0 heterocycles. The van der Waals surface area contributed by atoms with Crippen molar-refractivity contribution in [2.45, 2.75) is 39.5 Å². The van der Waals surface area contributed by atoms with E-state index in [9.17, 15) is 4.39 Å². The standard InChI is InChI=1S/C14H19F/c1-11(10-15)9-12-5-7-13(8-6-12)14(2,3)4/h5-8,10H,9H2,1-4H3/b11-10-. The molecule has 0 aliphatic rings. The summed E-state index contributed by atoms with van der Waals surface area (Å²) in [4.78, 5) is 0. The van der Waals surface area contributed by atoms with Gasteiger partial charge in [-0.15, -0.1) is 0 Å². The van der Waals surface area contributed by atoms with Crippen LogP contribution in [-0.4, -0.2) is 0 Å². The van der Waals surface area contributed by atoms with Crippen LogP contribution in [0.1, 0.15) is 38.8 Å². The lowest BCUT2D eigenvalue weighted by molar-refractivity contribution is 0.590. The van der Waals surface area contributed by atoms with Crippen LogP contribution >= 0.6 is 0 Å². The molecule has 15 heavy (non-hydrogen) atoms. The van der Waals surface area contributed by atoms with E-state index < -0.39 is 0 Å². The van der Waals surface area contributed by atoms with Gasteiger partial charge in [0.25, 0.3) is 0 Å². The predicted molar refractivity (Wildman–Crippen MR) is 63.7 cm³/mol. The van der Waals surface area contributed by atoms with Gasteiger partial charge in [-0.3, -0.25) is 0 Å². The van der Waals surface area contributed by atoms with Gasteiger partial charge < -0.3 is 0 Å². The van der Waals surface area contributed by atoms with Crippen LogP contribution < -0.4 is 0 Å². The highest BCUT2D eigenvalue weighted by molar-refractivity contribution is 5.29. The average Bonchev–Trinajstić information content (AvgIpc) is 2.17. The number of allylic oxidation sites excluding steroid dienone is 1. The molecule has 0 spiro atoms. The van der Waals surface area contributed by atoms with E-state index in [1.807, 2.05) is 0 Å². The number of hydrogen-bond acceptors (Lipinski definition) is 0. The van der Waals surface area contributed by atoms with E-state index in [1.54, 1.807) is 6.92 Å². The molecule has 0 saturated heterocycles. The van der Waals surface area contributed by atoms with Gasteiger partial charge in [-0.1, -0.05) is 45.0 Å². The number of benzene rings is 1. The zero-order chi connectivity index (χ0) is 11.5. The fraction of sp³-hybridized carbons (Fsp3) is 0.429. The van der Waals surface area contributed by atoms with Gasteiger partial charge in [0.2, 0.25) is 0 Å². The van der Waals surface area contributed by atoms with Gasteiger partial charge in [-0.05, 0) is 35.5 Å². The Bertz CT molecular complexity index is 339. The van der Waals surface area contributed by atoms with Crippen LogP contribution in [0.5, 0.6) is 0 Å². The smallest absolute Gasteiger partial charge is 0.0859 e. The van der Waals surface area contributed by atoms with Crippen LogP contribution in [0, 0.1) is 0 Å². The predicted octanol–water partition coefficient (Wildman–Crippen LogP) is 4.40. The van der Waals surface area contributed by atoms with Crippen molar-refractivity contribution in [2.75, 3.05) is 0 Å². The zero-order valence-corrected chi connectivity index (χ0v) is 9.97. The van der Waals surface area contributed by atoms with Crippen molar-refractivity contribution in [2.24, 2.45) is 0 Å². The van der Waals surface area contributed by atoms with Crippen LogP contribution in [0.2, 0.25) is 0 Å². The molecule has 0 saturated carbocycles. The summed E-state index contributed by atoms with van der Waals surface area (Å²) in [6.45, 7) is 8.37. The lowest BCUT2D eigenvalue weighted by Gasteiger charge is -2.19. The molecule has 82 valence electrons. The molecule has 0 aliphatic carbocycles. The van der Waals surface area contributed by atoms with Crippen molar-refractivity contribution < 1.29 is 4.39 Å². The maximum atomic E-state index is 12.2. The number of rotatable bonds is 2. The third-order valence-corrected chi connectivity index (χ3v) is 2.49. The highest BCUT2D eigenvalue weighted by Crippen LogP contribution is 2.22. The lowest BCUT2D eigenvalue weighted by Crippen LogP contribution is -2.10. The molecule has 0 aliphatic heterocycles. The summed E-state index contributed by atoms with van der Waals surface area (Å²) in [6, 6.07) is 8.41. The van der Waals surface area contributed by atoms with Gasteiger partial charge in [-0.2, -0.15) is 0 Å². The first-order valence-electron chi connectivity index (χ1n) is 5.29. The molecule has 0 nitrogen and oxygen atoms in total. The number of hydrogen-bond donors (Lipinski definition) is 0. The second-order valence-corrected chi connectivity index (χ2v) is 5.08. The maximum absolute atomic E-state index is 12.2. The molecule has 0 bridgehead atoms. The first-order chi connectivity index (χ1) is 6.93. The highest BCUT2D eigenvalue weighted by Gasteiger charge is 2.12. The molecule has 0 unspecified atom stereocenters. The van der Waals surface area contributed by atoms with Gasteiger partial charge in [-0.25, -0.2) is 4.39 Å². The Kier molecular flexibility index (Phi) is 3.67. The largest absolute Gasteiger partial charge is 0.216 e. The highest BCUT2D eigenvalue weighted by atomic mass is 19.1. The molecule has 0 atom stereocenters. The molecule has 1 aromatic rings. The number of halogens is 1. The summed E-state index contributed by atoms with van der Waals surface area (Å²) in [5.74, 6) is 0. The van der Waals surface area contributed by atoms with E-state index in [0.29, 0.717) is 12.8 Å². The molecule has 1 rings (SSSR count). The van der Waals surface area contributed by atoms with Crippen molar-refractivity contribution in [3.63, 3.8) is 0 Å². The molecule has 1 aromatic carbocycles. The Labute approximate surface area is 91.8 Å². The Morgan fingerprint density at radius 3 is 2.13 bits per heavy atom. The van der Waals surface area contributed by atoms with E-state index in [0.717, 1.165) is 11.1 Å². The van der Waals surface area contributed by atoms with E-state index in [-0.39, 0.29) is 5.41 Å². The minimum Gasteiger partial charge on any atom is -0.216 e. The first-order valence-corrected chi connectivity index (χ1v) is 5.29. The van der Waals surface area contributed by atoms with Crippen LogP contribution in [0.3, 0.4) is 0 Å². The summed E-state index contributed by atoms with van der Waals surface area (Å²) in [7, 11) is 0. The Morgan fingerprint density at radius 1 is 1.20 bits per heavy atom. The summed E-state index contributed by atoms with van der Waals surface area (Å²) in [6.07, 6.45) is 1.37. The fourth-order valence-electron chi connectivity index (χ4n) is 1.48. The van der Waals surface area contributed by atoms with Crippen LogP contribution in [-0.2, 0) is 11.8 Å². The topological polar surface area (TPSA) is 0 Å². The first kappa shape index (κ1) is 12.0. The van der Waals surface area contributed by atoms with Crippen LogP contribution in [0.25, 0.3) is 0 Å². The molecule has 0 amide bonds. The Morgan fingerprint density at radius 2 is 1.73 bits per heavy atom. The molecular weight excluding hydrogens is 187 g/mol. The van der Waals surface area contributed by atoms with Gasteiger partial charge in [0.05, 0.1) is 6.33 Å². The maximum Gasteiger partial charge on any atom is 0.0859 e. The van der Waals surface area contributed by atoms with Crippen molar-refractivity contribution >= 4 is 0 Å². The molecular formula is C14H19F. The van der Waals surface area contributed by atoms with Crippen molar-refractivity contribution in [1.82, 2.24) is 0 Å². The average molecular weight is 206 g/mol. The quantitative estimate of drug-likeness (QED) is 0.672. The monoisotopic (exact) mass is 206 g/mol. The van der Waals surface area contributed by atoms with Gasteiger partial charge in [0, 0.05) is 0 Å². The lowest BCUT2D eigenvalue weighted by atomic mass is 9.86. The zero-order valence-electron chi connectivity index (χ0n) is 9.97. The van der Waals surface area contributed by atoms with Gasteiger partial charge in [0.15, 0.2) is 0 Å². The van der Waals surface area contributed by atoms with Crippen molar-refractivity contribution in [3.8, 4) is 0 Å². The SMILES string of the molecule is C/C(=C/F)Cc1ccc(C(C)(C)C)cc1. The van der Waals surface area contributed by atoms with Crippen molar-refractivity contribution in [3.05, 3.63) is 47.3 Å². The molecule has 0 aromatic heterocycles. The third-order valence-electron chi connectivity index (χ3n) is 2.49. The van der Waals surface area contributed by atoms with Crippen molar-refractivity contribution in [1.29, 1.82) is 0 Å². The Balaban J connectivity index is 2.82. The minimum atomic E-state index is 0.184. The van der Waals surface area contributed by atoms with E-state index in [1.165, 1.54) is 5.56 Å². The molecule has 0 N–H and O–H groups in total. The Hall–Kier alpha value is -1.11. The summed E-state index contributed by atoms with van der Waals surface area (Å²) in [5.41, 5.74) is 3.42. The summed E-state index contributed by atoms with van der Waals surface area (Å²) >= 11 is 0. The molecule has 0 fully saturated rings. The summed E-state index contributed by atoms with van der Waals surface area (Å²) < 4.78 is 12.2. The second-order valence-electron chi connectivity index (χ2n) is 5.08. The van der Waals surface area contributed by atoms with E-state index in [2.05, 4.69) is 45.0 Å². The molecule has 0 radical (unpaired) electrons. The fourth-order valence-corrected chi connectivity index (χ4v) is 1.48. The second kappa shape index (κ2) is 4.61. The summed E-state index contributed by atoms with van der Waals surface area (Å²) in [5, 5.41) is 0. The van der Waals surface area contributed by atoms with Crippen LogP contribution in [0.4, 0.5) is 4.39 Å². The molecule has 1 heteroatoms. The van der Waals surface area contributed by atoms with Gasteiger partial charge >= 0.3 is 0 Å². The van der Waals surface area contributed by atoms with E-state index in [4.69, 9.17) is 0 Å². The van der Waals surface area contributed by atoms with Crippen LogP contribution in [0.15, 0.2) is 36.2 Å². The van der Waals surface area contributed by atoms with E-state index >= 15 is 0 Å². The third kappa shape index (κ3) is 3.50.